The van der Waals surface area contributed by atoms with Crippen molar-refractivity contribution in [2.45, 2.75) is 39.7 Å². The van der Waals surface area contributed by atoms with Crippen LogP contribution in [0.1, 0.15) is 39.2 Å². The number of aliphatic hydroxyl groups is 1. The van der Waals surface area contributed by atoms with Crippen molar-refractivity contribution < 1.29 is 5.11 Å². The van der Waals surface area contributed by atoms with Gasteiger partial charge in [-0.2, -0.15) is 0 Å². The summed E-state index contributed by atoms with van der Waals surface area (Å²) < 4.78 is 0. The summed E-state index contributed by atoms with van der Waals surface area (Å²) in [6.07, 6.45) is 1.44. The van der Waals surface area contributed by atoms with Crippen LogP contribution >= 0.6 is 11.6 Å². The van der Waals surface area contributed by atoms with Crippen LogP contribution < -0.4 is 5.32 Å². The Balaban J connectivity index is 3.01. The Bertz CT molecular complexity index is 369. The van der Waals surface area contributed by atoms with Gasteiger partial charge >= 0.3 is 0 Å². The summed E-state index contributed by atoms with van der Waals surface area (Å²) in [6.45, 7) is 8.24. The number of hydrogen-bond donors (Lipinski definition) is 2. The first-order valence-electron chi connectivity index (χ1n) is 5.85. The van der Waals surface area contributed by atoms with Crippen molar-refractivity contribution in [2.24, 2.45) is 5.92 Å². The number of rotatable bonds is 5. The summed E-state index contributed by atoms with van der Waals surface area (Å²) in [5.74, 6) is 1.26. The van der Waals surface area contributed by atoms with E-state index < -0.39 is 0 Å². The van der Waals surface area contributed by atoms with Crippen LogP contribution in [-0.4, -0.2) is 27.7 Å². The maximum Gasteiger partial charge on any atom is 0.138 e. The number of nitrogens with zero attached hydrogens (tertiary/aromatic N) is 2. The van der Waals surface area contributed by atoms with Crippen LogP contribution in [0.4, 0.5) is 5.82 Å². The molecule has 0 bridgehead atoms. The highest BCUT2D eigenvalue weighted by Gasteiger charge is 2.18. The van der Waals surface area contributed by atoms with E-state index in [0.29, 0.717) is 16.9 Å². The standard InChI is InChI=1S/C12H20ClN3O/c1-7(2)9(5-17)16-12-10(8(3)4)11(13)14-6-15-12/h6-9,17H,5H2,1-4H3,(H,14,15,16)/t9-/m1/s1. The summed E-state index contributed by atoms with van der Waals surface area (Å²) >= 11 is 6.08. The molecule has 96 valence electrons. The molecule has 2 N–H and O–H groups in total. The highest BCUT2D eigenvalue weighted by Crippen LogP contribution is 2.28. The van der Waals surface area contributed by atoms with Gasteiger partial charge in [-0.25, -0.2) is 9.97 Å². The van der Waals surface area contributed by atoms with Gasteiger partial charge in [-0.3, -0.25) is 0 Å². The average Bonchev–Trinajstić information content (AvgIpc) is 2.24. The van der Waals surface area contributed by atoms with Gasteiger partial charge in [0.15, 0.2) is 0 Å². The topological polar surface area (TPSA) is 58.0 Å². The Morgan fingerprint density at radius 3 is 2.41 bits per heavy atom. The van der Waals surface area contributed by atoms with E-state index in [1.54, 1.807) is 0 Å². The third kappa shape index (κ3) is 3.54. The zero-order valence-electron chi connectivity index (χ0n) is 10.7. The minimum atomic E-state index is -0.0292. The molecule has 1 rings (SSSR count). The maximum absolute atomic E-state index is 9.32. The van der Waals surface area contributed by atoms with Gasteiger partial charge < -0.3 is 10.4 Å². The van der Waals surface area contributed by atoms with Crippen molar-refractivity contribution in [3.8, 4) is 0 Å². The van der Waals surface area contributed by atoms with Gasteiger partial charge in [-0.1, -0.05) is 39.3 Å². The van der Waals surface area contributed by atoms with E-state index in [2.05, 4.69) is 15.3 Å². The molecule has 0 radical (unpaired) electrons. The molecule has 4 nitrogen and oxygen atoms in total. The monoisotopic (exact) mass is 257 g/mol. The molecule has 0 aliphatic heterocycles. The Kier molecular flexibility index (Phi) is 5.15. The molecule has 0 saturated heterocycles. The average molecular weight is 258 g/mol. The fourth-order valence-corrected chi connectivity index (χ4v) is 1.95. The summed E-state index contributed by atoms with van der Waals surface area (Å²) in [5.41, 5.74) is 0.897. The fourth-order valence-electron chi connectivity index (χ4n) is 1.60. The van der Waals surface area contributed by atoms with Gasteiger partial charge in [0.05, 0.1) is 12.6 Å². The third-order valence-corrected chi connectivity index (χ3v) is 3.04. The molecule has 1 aromatic rings. The van der Waals surface area contributed by atoms with Gasteiger partial charge in [-0.15, -0.1) is 0 Å². The van der Waals surface area contributed by atoms with Crippen molar-refractivity contribution in [3.05, 3.63) is 17.0 Å². The van der Waals surface area contributed by atoms with Crippen LogP contribution in [0.2, 0.25) is 5.15 Å². The van der Waals surface area contributed by atoms with Crippen LogP contribution in [0.15, 0.2) is 6.33 Å². The number of nitrogens with one attached hydrogen (secondary N) is 1. The lowest BCUT2D eigenvalue weighted by atomic mass is 10.0. The van der Waals surface area contributed by atoms with Gasteiger partial charge in [0.25, 0.3) is 0 Å². The molecule has 0 amide bonds. The minimum Gasteiger partial charge on any atom is -0.394 e. The molecule has 1 aromatic heterocycles. The van der Waals surface area contributed by atoms with Gasteiger partial charge in [0.2, 0.25) is 0 Å². The number of halogens is 1. The van der Waals surface area contributed by atoms with Crippen molar-refractivity contribution in [2.75, 3.05) is 11.9 Å². The molecule has 5 heteroatoms. The second-order valence-electron chi connectivity index (χ2n) is 4.76. The van der Waals surface area contributed by atoms with E-state index in [0.717, 1.165) is 5.56 Å². The lowest BCUT2D eigenvalue weighted by molar-refractivity contribution is 0.249. The maximum atomic E-state index is 9.32. The number of hydrogen-bond acceptors (Lipinski definition) is 4. The van der Waals surface area contributed by atoms with Crippen LogP contribution in [-0.2, 0) is 0 Å². The van der Waals surface area contributed by atoms with Crippen molar-refractivity contribution in [1.29, 1.82) is 0 Å². The molecule has 0 spiro atoms. The second-order valence-corrected chi connectivity index (χ2v) is 5.12. The van der Waals surface area contributed by atoms with Gasteiger partial charge in [0.1, 0.15) is 17.3 Å². The summed E-state index contributed by atoms with van der Waals surface area (Å²) in [6, 6.07) is -0.0292. The molecular formula is C12H20ClN3O. The minimum absolute atomic E-state index is 0.0292. The number of aliphatic hydroxyl groups excluding tert-OH is 1. The van der Waals surface area contributed by atoms with Crippen LogP contribution in [0.25, 0.3) is 0 Å². The van der Waals surface area contributed by atoms with Crippen LogP contribution in [0.5, 0.6) is 0 Å². The third-order valence-electron chi connectivity index (χ3n) is 2.74. The van der Waals surface area contributed by atoms with E-state index in [-0.39, 0.29) is 18.6 Å². The Hall–Kier alpha value is -0.870. The lowest BCUT2D eigenvalue weighted by Gasteiger charge is -2.23. The molecule has 17 heavy (non-hydrogen) atoms. The molecule has 1 atom stereocenters. The van der Waals surface area contributed by atoms with E-state index in [1.807, 2.05) is 27.7 Å². The second kappa shape index (κ2) is 6.17. The number of anilines is 1. The summed E-state index contributed by atoms with van der Waals surface area (Å²) in [5, 5.41) is 13.0. The SMILES string of the molecule is CC(C)c1c(Cl)ncnc1N[C@H](CO)C(C)C. The quantitative estimate of drug-likeness (QED) is 0.797. The Labute approximate surface area is 107 Å². The predicted molar refractivity (Wildman–Crippen MR) is 70.5 cm³/mol. The van der Waals surface area contributed by atoms with Crippen molar-refractivity contribution in [1.82, 2.24) is 9.97 Å². The zero-order valence-corrected chi connectivity index (χ0v) is 11.5. The van der Waals surface area contributed by atoms with E-state index in [9.17, 15) is 5.11 Å². The summed E-state index contributed by atoms with van der Waals surface area (Å²) in [4.78, 5) is 8.20. The number of aromatic nitrogens is 2. The molecule has 0 aromatic carbocycles. The van der Waals surface area contributed by atoms with E-state index >= 15 is 0 Å². The highest BCUT2D eigenvalue weighted by atomic mass is 35.5. The fraction of sp³-hybridized carbons (Fsp3) is 0.667. The van der Waals surface area contributed by atoms with Crippen LogP contribution in [0.3, 0.4) is 0 Å². The zero-order chi connectivity index (χ0) is 13.0. The largest absolute Gasteiger partial charge is 0.394 e. The molecule has 1 heterocycles. The first kappa shape index (κ1) is 14.2. The predicted octanol–water partition coefficient (Wildman–Crippen LogP) is 2.68. The Morgan fingerprint density at radius 1 is 1.29 bits per heavy atom. The first-order valence-corrected chi connectivity index (χ1v) is 6.23. The molecular weight excluding hydrogens is 238 g/mol. The molecule has 0 fully saturated rings. The normalized spacial score (nSPS) is 13.2. The Morgan fingerprint density at radius 2 is 1.94 bits per heavy atom. The lowest BCUT2D eigenvalue weighted by Crippen LogP contribution is -2.30. The first-order chi connectivity index (χ1) is 7.97. The van der Waals surface area contributed by atoms with Crippen molar-refractivity contribution in [3.63, 3.8) is 0 Å². The van der Waals surface area contributed by atoms with Gasteiger partial charge in [-0.05, 0) is 11.8 Å². The molecule has 0 aliphatic rings. The molecule has 0 unspecified atom stereocenters. The molecule has 0 saturated carbocycles. The molecule has 0 aliphatic carbocycles. The van der Waals surface area contributed by atoms with Crippen LogP contribution in [0, 0.1) is 5.92 Å². The van der Waals surface area contributed by atoms with E-state index in [1.165, 1.54) is 6.33 Å². The highest BCUT2D eigenvalue weighted by molar-refractivity contribution is 6.30. The van der Waals surface area contributed by atoms with E-state index in [4.69, 9.17) is 11.6 Å². The smallest absolute Gasteiger partial charge is 0.138 e. The summed E-state index contributed by atoms with van der Waals surface area (Å²) in [7, 11) is 0. The van der Waals surface area contributed by atoms with Crippen molar-refractivity contribution >= 4 is 17.4 Å². The van der Waals surface area contributed by atoms with Gasteiger partial charge in [0, 0.05) is 5.56 Å².